The number of aryl methyl sites for hydroxylation is 1. The quantitative estimate of drug-likeness (QED) is 0.828. The largest absolute Gasteiger partial charge is 0.327 e. The van der Waals surface area contributed by atoms with E-state index in [1.807, 2.05) is 6.07 Å². The fraction of sp³-hybridized carbons (Fsp3) is 0.100. The molecule has 2 heterocycles. The lowest BCUT2D eigenvalue weighted by Gasteiger charge is -2.09. The zero-order chi connectivity index (χ0) is 11.5. The van der Waals surface area contributed by atoms with Crippen LogP contribution in [0.25, 0.3) is 5.82 Å². The first-order valence-corrected chi connectivity index (χ1v) is 4.59. The van der Waals surface area contributed by atoms with E-state index in [2.05, 4.69) is 22.0 Å². The third kappa shape index (κ3) is 1.79. The SMILES string of the molecule is C=C(Nc1cc(C#N)nn1C)n1ccnc1. The zero-order valence-corrected chi connectivity index (χ0v) is 8.75. The van der Waals surface area contributed by atoms with Crippen LogP contribution in [-0.2, 0) is 7.05 Å². The molecule has 1 N–H and O–H groups in total. The summed E-state index contributed by atoms with van der Waals surface area (Å²) in [5, 5.41) is 15.7. The second-order valence-electron chi connectivity index (χ2n) is 3.19. The van der Waals surface area contributed by atoms with Crippen molar-refractivity contribution in [1.29, 1.82) is 5.26 Å². The van der Waals surface area contributed by atoms with Crippen LogP contribution >= 0.6 is 0 Å². The van der Waals surface area contributed by atoms with Crippen molar-refractivity contribution in [2.45, 2.75) is 0 Å². The van der Waals surface area contributed by atoms with Gasteiger partial charge in [0.05, 0.1) is 0 Å². The standard InChI is InChI=1S/C10H10N6/c1-8(16-4-3-12-7-16)13-10-5-9(6-11)14-15(10)2/h3-5,7,13H,1H2,2H3. The van der Waals surface area contributed by atoms with Gasteiger partial charge in [-0.25, -0.2) is 4.98 Å². The molecule has 2 aromatic heterocycles. The van der Waals surface area contributed by atoms with E-state index in [1.54, 1.807) is 41.1 Å². The highest BCUT2D eigenvalue weighted by atomic mass is 15.3. The zero-order valence-electron chi connectivity index (χ0n) is 8.75. The Morgan fingerprint density at radius 2 is 2.44 bits per heavy atom. The minimum Gasteiger partial charge on any atom is -0.327 e. The number of nitriles is 1. The number of hydrogen-bond acceptors (Lipinski definition) is 4. The van der Waals surface area contributed by atoms with Gasteiger partial charge < -0.3 is 5.32 Å². The van der Waals surface area contributed by atoms with Crippen LogP contribution in [0.15, 0.2) is 31.4 Å². The molecule has 0 bridgehead atoms. The summed E-state index contributed by atoms with van der Waals surface area (Å²) in [6.45, 7) is 3.86. The average Bonchev–Trinajstić information content (AvgIpc) is 2.88. The highest BCUT2D eigenvalue weighted by molar-refractivity contribution is 5.61. The van der Waals surface area contributed by atoms with Gasteiger partial charge in [0.25, 0.3) is 0 Å². The van der Waals surface area contributed by atoms with Crippen LogP contribution in [-0.4, -0.2) is 19.3 Å². The maximum Gasteiger partial charge on any atom is 0.164 e. The smallest absolute Gasteiger partial charge is 0.164 e. The molecular formula is C10H10N6. The van der Waals surface area contributed by atoms with E-state index in [4.69, 9.17) is 5.26 Å². The molecule has 0 aliphatic heterocycles. The molecule has 0 unspecified atom stereocenters. The van der Waals surface area contributed by atoms with E-state index in [0.717, 1.165) is 0 Å². The van der Waals surface area contributed by atoms with Crippen LogP contribution < -0.4 is 5.32 Å². The summed E-state index contributed by atoms with van der Waals surface area (Å²) in [6.07, 6.45) is 5.07. The minimum atomic E-state index is 0.364. The fourth-order valence-corrected chi connectivity index (χ4v) is 1.27. The molecule has 0 aliphatic rings. The van der Waals surface area contributed by atoms with Crippen LogP contribution in [0.4, 0.5) is 5.82 Å². The van der Waals surface area contributed by atoms with Crippen LogP contribution in [0.1, 0.15) is 5.69 Å². The van der Waals surface area contributed by atoms with Gasteiger partial charge in [0, 0.05) is 25.5 Å². The summed E-state index contributed by atoms with van der Waals surface area (Å²) < 4.78 is 3.32. The molecule has 0 saturated carbocycles. The van der Waals surface area contributed by atoms with Gasteiger partial charge in [0.2, 0.25) is 0 Å². The van der Waals surface area contributed by atoms with Crippen molar-refractivity contribution in [2.24, 2.45) is 7.05 Å². The van der Waals surface area contributed by atoms with Gasteiger partial charge in [-0.15, -0.1) is 0 Å². The Hall–Kier alpha value is -2.55. The average molecular weight is 214 g/mol. The van der Waals surface area contributed by atoms with Gasteiger partial charge in [-0.1, -0.05) is 6.58 Å². The number of nitrogens with zero attached hydrogens (tertiary/aromatic N) is 5. The molecular weight excluding hydrogens is 204 g/mol. The van der Waals surface area contributed by atoms with Gasteiger partial charge in [-0.3, -0.25) is 9.25 Å². The number of imidazole rings is 1. The van der Waals surface area contributed by atoms with Crippen molar-refractivity contribution >= 4 is 11.6 Å². The van der Waals surface area contributed by atoms with E-state index >= 15 is 0 Å². The Morgan fingerprint density at radius 1 is 1.62 bits per heavy atom. The van der Waals surface area contributed by atoms with E-state index in [0.29, 0.717) is 17.3 Å². The second kappa shape index (κ2) is 3.90. The van der Waals surface area contributed by atoms with Gasteiger partial charge in [0.1, 0.15) is 24.0 Å². The summed E-state index contributed by atoms with van der Waals surface area (Å²) in [5.74, 6) is 1.35. The maximum atomic E-state index is 8.70. The highest BCUT2D eigenvalue weighted by Gasteiger charge is 2.05. The van der Waals surface area contributed by atoms with Gasteiger partial charge in [-0.2, -0.15) is 10.4 Å². The lowest BCUT2D eigenvalue weighted by atomic mass is 10.4. The molecule has 0 atom stereocenters. The first-order valence-electron chi connectivity index (χ1n) is 4.59. The molecule has 2 rings (SSSR count). The molecule has 2 aromatic rings. The monoisotopic (exact) mass is 214 g/mol. The third-order valence-corrected chi connectivity index (χ3v) is 2.08. The van der Waals surface area contributed by atoms with E-state index in [-0.39, 0.29) is 0 Å². The van der Waals surface area contributed by atoms with Crippen LogP contribution in [0, 0.1) is 11.3 Å². The number of aromatic nitrogens is 4. The predicted molar refractivity (Wildman–Crippen MR) is 59.1 cm³/mol. The number of rotatable bonds is 3. The van der Waals surface area contributed by atoms with E-state index in [1.165, 1.54) is 0 Å². The van der Waals surface area contributed by atoms with Crippen molar-refractivity contribution in [3.8, 4) is 6.07 Å². The Bertz CT molecular complexity index is 542. The van der Waals surface area contributed by atoms with Crippen molar-refractivity contribution < 1.29 is 0 Å². The van der Waals surface area contributed by atoms with Gasteiger partial charge >= 0.3 is 0 Å². The number of nitrogens with one attached hydrogen (secondary N) is 1. The summed E-state index contributed by atoms with van der Waals surface area (Å²) in [5.41, 5.74) is 0.364. The van der Waals surface area contributed by atoms with Crippen LogP contribution in [0.2, 0.25) is 0 Å². The molecule has 0 aliphatic carbocycles. The fourth-order valence-electron chi connectivity index (χ4n) is 1.27. The molecule has 0 aromatic carbocycles. The lowest BCUT2D eigenvalue weighted by Crippen LogP contribution is -2.07. The molecule has 6 heteroatoms. The molecule has 0 radical (unpaired) electrons. The summed E-state index contributed by atoms with van der Waals surface area (Å²) in [7, 11) is 1.75. The first kappa shape index (κ1) is 9.98. The van der Waals surface area contributed by atoms with Crippen molar-refractivity contribution in [3.05, 3.63) is 37.1 Å². The molecule has 0 fully saturated rings. The highest BCUT2D eigenvalue weighted by Crippen LogP contribution is 2.12. The summed E-state index contributed by atoms with van der Waals surface area (Å²) >= 11 is 0. The molecule has 6 nitrogen and oxygen atoms in total. The first-order chi connectivity index (χ1) is 7.70. The number of hydrogen-bond donors (Lipinski definition) is 1. The van der Waals surface area contributed by atoms with Crippen LogP contribution in [0.3, 0.4) is 0 Å². The molecule has 0 saturated heterocycles. The second-order valence-corrected chi connectivity index (χ2v) is 3.19. The van der Waals surface area contributed by atoms with Crippen molar-refractivity contribution in [2.75, 3.05) is 5.32 Å². The van der Waals surface area contributed by atoms with E-state index in [9.17, 15) is 0 Å². The Kier molecular flexibility index (Phi) is 2.44. The van der Waals surface area contributed by atoms with E-state index < -0.39 is 0 Å². The van der Waals surface area contributed by atoms with Crippen molar-refractivity contribution in [3.63, 3.8) is 0 Å². The number of anilines is 1. The molecule has 80 valence electrons. The topological polar surface area (TPSA) is 71.5 Å². The maximum absolute atomic E-state index is 8.70. The predicted octanol–water partition coefficient (Wildman–Crippen LogP) is 1.03. The van der Waals surface area contributed by atoms with Crippen LogP contribution in [0.5, 0.6) is 0 Å². The minimum absolute atomic E-state index is 0.364. The van der Waals surface area contributed by atoms with Gasteiger partial charge in [0.15, 0.2) is 5.69 Å². The molecule has 0 amide bonds. The Morgan fingerprint density at radius 3 is 3.00 bits per heavy atom. The summed E-state index contributed by atoms with van der Waals surface area (Å²) in [6, 6.07) is 3.63. The third-order valence-electron chi connectivity index (χ3n) is 2.08. The Balaban J connectivity index is 2.19. The normalized spacial score (nSPS) is 9.75. The Labute approximate surface area is 92.4 Å². The van der Waals surface area contributed by atoms with Gasteiger partial charge in [-0.05, 0) is 0 Å². The lowest BCUT2D eigenvalue weighted by molar-refractivity contribution is 0.770. The molecule has 16 heavy (non-hydrogen) atoms. The molecule has 0 spiro atoms. The summed E-state index contributed by atoms with van der Waals surface area (Å²) in [4.78, 5) is 3.92. The van der Waals surface area contributed by atoms with Crippen molar-refractivity contribution in [1.82, 2.24) is 19.3 Å².